The maximum atomic E-state index is 12.6. The molecule has 0 aliphatic heterocycles. The predicted octanol–water partition coefficient (Wildman–Crippen LogP) is 3.94. The third-order valence-electron chi connectivity index (χ3n) is 2.81. The van der Waals surface area contributed by atoms with Gasteiger partial charge in [0.25, 0.3) is 5.91 Å². The highest BCUT2D eigenvalue weighted by molar-refractivity contribution is 9.10. The molecule has 2 aromatic rings. The Hall–Kier alpha value is -2.35. The minimum Gasteiger partial charge on any atom is -0.507 e. The standard InChI is InChI=1S/C15H10BrF3N2O2/c16-12-5-4-10(13(22)7-12)8-20-21-14(23)9-2-1-3-11(6-9)15(17,18)19/h1-8,22H,(H,21,23)/b20-8-. The van der Waals surface area contributed by atoms with Gasteiger partial charge in [-0.2, -0.15) is 18.3 Å². The fourth-order valence-electron chi connectivity index (χ4n) is 1.69. The molecule has 0 aliphatic carbocycles. The molecule has 0 saturated heterocycles. The van der Waals surface area contributed by atoms with Crippen LogP contribution in [0.1, 0.15) is 21.5 Å². The molecule has 2 rings (SSSR count). The summed E-state index contributed by atoms with van der Waals surface area (Å²) < 4.78 is 38.4. The first kappa shape index (κ1) is 17.0. The third kappa shape index (κ3) is 4.56. The highest BCUT2D eigenvalue weighted by Gasteiger charge is 2.30. The fourth-order valence-corrected chi connectivity index (χ4v) is 2.04. The summed E-state index contributed by atoms with van der Waals surface area (Å²) in [6.45, 7) is 0. The first-order valence-corrected chi connectivity index (χ1v) is 7.06. The van der Waals surface area contributed by atoms with Gasteiger partial charge in [0, 0.05) is 15.6 Å². The molecule has 0 unspecified atom stereocenters. The summed E-state index contributed by atoms with van der Waals surface area (Å²) in [5.74, 6) is -0.847. The predicted molar refractivity (Wildman–Crippen MR) is 82.3 cm³/mol. The van der Waals surface area contributed by atoms with Crippen LogP contribution in [0, 0.1) is 0 Å². The minimum atomic E-state index is -4.53. The lowest BCUT2D eigenvalue weighted by atomic mass is 10.1. The van der Waals surface area contributed by atoms with Gasteiger partial charge in [0.15, 0.2) is 0 Å². The van der Waals surface area contributed by atoms with E-state index in [0.29, 0.717) is 10.0 Å². The van der Waals surface area contributed by atoms with E-state index in [1.807, 2.05) is 0 Å². The summed E-state index contributed by atoms with van der Waals surface area (Å²) in [6, 6.07) is 8.66. The van der Waals surface area contributed by atoms with Crippen LogP contribution in [0.25, 0.3) is 0 Å². The van der Waals surface area contributed by atoms with Crippen molar-refractivity contribution in [2.75, 3.05) is 0 Å². The third-order valence-corrected chi connectivity index (χ3v) is 3.31. The van der Waals surface area contributed by atoms with Crippen LogP contribution in [0.15, 0.2) is 52.0 Å². The van der Waals surface area contributed by atoms with Crippen molar-refractivity contribution in [3.63, 3.8) is 0 Å². The van der Waals surface area contributed by atoms with Gasteiger partial charge in [-0.3, -0.25) is 4.79 Å². The lowest BCUT2D eigenvalue weighted by Crippen LogP contribution is -2.18. The van der Waals surface area contributed by atoms with E-state index < -0.39 is 17.6 Å². The molecule has 23 heavy (non-hydrogen) atoms. The topological polar surface area (TPSA) is 61.7 Å². The Morgan fingerprint density at radius 1 is 1.22 bits per heavy atom. The summed E-state index contributed by atoms with van der Waals surface area (Å²) in [5.41, 5.74) is 1.37. The Bertz CT molecular complexity index is 761. The lowest BCUT2D eigenvalue weighted by molar-refractivity contribution is -0.137. The molecule has 8 heteroatoms. The van der Waals surface area contributed by atoms with Crippen molar-refractivity contribution in [2.24, 2.45) is 5.10 Å². The monoisotopic (exact) mass is 386 g/mol. The SMILES string of the molecule is O=C(N/N=C\c1ccc(Br)cc1O)c1cccc(C(F)(F)F)c1. The molecular weight excluding hydrogens is 377 g/mol. The first-order valence-electron chi connectivity index (χ1n) is 6.26. The molecule has 0 heterocycles. The Balaban J connectivity index is 2.09. The van der Waals surface area contributed by atoms with Crippen molar-refractivity contribution >= 4 is 28.1 Å². The van der Waals surface area contributed by atoms with E-state index in [1.54, 1.807) is 12.1 Å². The van der Waals surface area contributed by atoms with Crippen molar-refractivity contribution < 1.29 is 23.1 Å². The van der Waals surface area contributed by atoms with E-state index in [9.17, 15) is 23.1 Å². The van der Waals surface area contributed by atoms with Crippen LogP contribution in [0.5, 0.6) is 5.75 Å². The van der Waals surface area contributed by atoms with E-state index in [1.165, 1.54) is 18.3 Å². The van der Waals surface area contributed by atoms with E-state index in [2.05, 4.69) is 26.5 Å². The van der Waals surface area contributed by atoms with Gasteiger partial charge in [-0.1, -0.05) is 22.0 Å². The van der Waals surface area contributed by atoms with Gasteiger partial charge in [0.05, 0.1) is 11.8 Å². The van der Waals surface area contributed by atoms with Gasteiger partial charge in [-0.05, 0) is 36.4 Å². The zero-order chi connectivity index (χ0) is 17.0. The number of nitrogens with one attached hydrogen (secondary N) is 1. The van der Waals surface area contributed by atoms with E-state index >= 15 is 0 Å². The van der Waals surface area contributed by atoms with Crippen LogP contribution in [-0.4, -0.2) is 17.2 Å². The van der Waals surface area contributed by atoms with E-state index in [4.69, 9.17) is 0 Å². The molecule has 1 amide bonds. The van der Waals surface area contributed by atoms with Crippen molar-refractivity contribution in [1.29, 1.82) is 0 Å². The van der Waals surface area contributed by atoms with E-state index in [0.717, 1.165) is 18.2 Å². The summed E-state index contributed by atoms with van der Waals surface area (Å²) in [6.07, 6.45) is -3.34. The first-order chi connectivity index (χ1) is 10.8. The molecular formula is C15H10BrF3N2O2. The lowest BCUT2D eigenvalue weighted by Gasteiger charge is -2.07. The molecule has 0 aliphatic rings. The number of aromatic hydroxyl groups is 1. The molecule has 0 atom stereocenters. The number of amides is 1. The number of nitrogens with zero attached hydrogens (tertiary/aromatic N) is 1. The number of hydrogen-bond donors (Lipinski definition) is 2. The highest BCUT2D eigenvalue weighted by atomic mass is 79.9. The number of carbonyl (C=O) groups is 1. The number of benzene rings is 2. The molecule has 4 nitrogen and oxygen atoms in total. The van der Waals surface area contributed by atoms with Crippen molar-refractivity contribution in [3.8, 4) is 5.75 Å². The molecule has 0 radical (unpaired) electrons. The van der Waals surface area contributed by atoms with Crippen molar-refractivity contribution in [3.05, 3.63) is 63.6 Å². The average Bonchev–Trinajstić information content (AvgIpc) is 2.48. The number of phenolic OH excluding ortho intramolecular Hbond substituents is 1. The molecule has 2 N–H and O–H groups in total. The van der Waals surface area contributed by atoms with Gasteiger partial charge in [-0.15, -0.1) is 0 Å². The van der Waals surface area contributed by atoms with Crippen LogP contribution >= 0.6 is 15.9 Å². The quantitative estimate of drug-likeness (QED) is 0.619. The summed E-state index contributed by atoms with van der Waals surface area (Å²) in [4.78, 5) is 11.8. The normalized spacial score (nSPS) is 11.7. The van der Waals surface area contributed by atoms with Crippen molar-refractivity contribution in [2.45, 2.75) is 6.18 Å². The van der Waals surface area contributed by atoms with Gasteiger partial charge in [-0.25, -0.2) is 5.43 Å². The van der Waals surface area contributed by atoms with Gasteiger partial charge < -0.3 is 5.11 Å². The van der Waals surface area contributed by atoms with E-state index in [-0.39, 0.29) is 11.3 Å². The molecule has 120 valence electrons. The molecule has 0 spiro atoms. The van der Waals surface area contributed by atoms with Crippen LogP contribution in [-0.2, 0) is 6.18 Å². The maximum absolute atomic E-state index is 12.6. The maximum Gasteiger partial charge on any atom is 0.416 e. The second kappa shape index (κ2) is 6.82. The average molecular weight is 387 g/mol. The smallest absolute Gasteiger partial charge is 0.416 e. The molecule has 2 aromatic carbocycles. The summed E-state index contributed by atoms with van der Waals surface area (Å²) in [5, 5.41) is 13.3. The fraction of sp³-hybridized carbons (Fsp3) is 0.0667. The molecule has 0 aromatic heterocycles. The number of hydrogen-bond acceptors (Lipinski definition) is 3. The largest absolute Gasteiger partial charge is 0.507 e. The van der Waals surface area contributed by atoms with Gasteiger partial charge in [0.1, 0.15) is 5.75 Å². The summed E-state index contributed by atoms with van der Waals surface area (Å²) in [7, 11) is 0. The Morgan fingerprint density at radius 3 is 2.61 bits per heavy atom. The molecule has 0 saturated carbocycles. The van der Waals surface area contributed by atoms with Crippen LogP contribution in [0.4, 0.5) is 13.2 Å². The number of carbonyl (C=O) groups excluding carboxylic acids is 1. The zero-order valence-corrected chi connectivity index (χ0v) is 13.0. The van der Waals surface area contributed by atoms with Crippen LogP contribution in [0.2, 0.25) is 0 Å². The molecule has 0 fully saturated rings. The summed E-state index contributed by atoms with van der Waals surface area (Å²) >= 11 is 3.17. The van der Waals surface area contributed by atoms with Gasteiger partial charge >= 0.3 is 6.18 Å². The van der Waals surface area contributed by atoms with Gasteiger partial charge in [0.2, 0.25) is 0 Å². The van der Waals surface area contributed by atoms with Crippen LogP contribution in [0.3, 0.4) is 0 Å². The number of rotatable bonds is 3. The second-order valence-electron chi connectivity index (χ2n) is 4.48. The zero-order valence-electron chi connectivity index (χ0n) is 11.4. The Morgan fingerprint density at radius 2 is 1.96 bits per heavy atom. The number of halogens is 4. The Labute approximate surface area is 137 Å². The molecule has 0 bridgehead atoms. The second-order valence-corrected chi connectivity index (χ2v) is 5.40. The Kier molecular flexibility index (Phi) is 5.05. The number of phenols is 1. The minimum absolute atomic E-state index is 0.0588. The number of hydrazone groups is 1. The van der Waals surface area contributed by atoms with Crippen molar-refractivity contribution in [1.82, 2.24) is 5.43 Å². The highest BCUT2D eigenvalue weighted by Crippen LogP contribution is 2.29. The van der Waals surface area contributed by atoms with Crippen LogP contribution < -0.4 is 5.43 Å². The number of alkyl halides is 3.